The Labute approximate surface area is 99.6 Å². The van der Waals surface area contributed by atoms with E-state index in [-0.39, 0.29) is 16.7 Å². The molecule has 0 saturated heterocycles. The second-order valence-electron chi connectivity index (χ2n) is 3.99. The summed E-state index contributed by atoms with van der Waals surface area (Å²) in [6.07, 6.45) is 1.84. The molecule has 3 N–H and O–H groups in total. The molecule has 17 heavy (non-hydrogen) atoms. The van der Waals surface area contributed by atoms with E-state index in [1.807, 2.05) is 0 Å². The van der Waals surface area contributed by atoms with Crippen LogP contribution in [-0.4, -0.2) is 27.2 Å². The standard InChI is InChI=1S/C10H9N3O3S/c14-9(4-1-2-4)11-8-7-5(12-13-8)3-6(17-7)10(15)16/h3-4H,1-2H2,(H,15,16)(H2,11,12,13,14). The SMILES string of the molecule is O=C(O)c1cc2[nH]nc(NC(=O)C3CC3)c2s1. The third-order valence-corrected chi connectivity index (χ3v) is 3.77. The predicted molar refractivity (Wildman–Crippen MR) is 62.3 cm³/mol. The fourth-order valence-electron chi connectivity index (χ4n) is 1.57. The lowest BCUT2D eigenvalue weighted by Crippen LogP contribution is -2.13. The van der Waals surface area contributed by atoms with Gasteiger partial charge in [-0.1, -0.05) is 0 Å². The van der Waals surface area contributed by atoms with Crippen LogP contribution < -0.4 is 5.32 Å². The lowest BCUT2D eigenvalue weighted by atomic mass is 10.4. The van der Waals surface area contributed by atoms with Gasteiger partial charge < -0.3 is 10.4 Å². The maximum atomic E-state index is 11.6. The van der Waals surface area contributed by atoms with E-state index in [2.05, 4.69) is 15.5 Å². The summed E-state index contributed by atoms with van der Waals surface area (Å²) in [4.78, 5) is 22.6. The van der Waals surface area contributed by atoms with Crippen LogP contribution >= 0.6 is 11.3 Å². The van der Waals surface area contributed by atoms with Crippen molar-refractivity contribution in [2.45, 2.75) is 12.8 Å². The molecule has 2 heterocycles. The molecule has 2 aromatic rings. The summed E-state index contributed by atoms with van der Waals surface area (Å²) in [5.74, 6) is -0.488. The Morgan fingerprint density at radius 1 is 1.53 bits per heavy atom. The van der Waals surface area contributed by atoms with Gasteiger partial charge in [0.05, 0.1) is 10.2 Å². The molecule has 1 aliphatic carbocycles. The van der Waals surface area contributed by atoms with Crippen molar-refractivity contribution in [3.63, 3.8) is 0 Å². The van der Waals surface area contributed by atoms with Gasteiger partial charge in [0, 0.05) is 5.92 Å². The van der Waals surface area contributed by atoms with E-state index in [1.165, 1.54) is 6.07 Å². The van der Waals surface area contributed by atoms with Crippen LogP contribution in [0.3, 0.4) is 0 Å². The minimum absolute atomic E-state index is 0.0383. The van der Waals surface area contributed by atoms with Crippen molar-refractivity contribution in [3.05, 3.63) is 10.9 Å². The first-order valence-electron chi connectivity index (χ1n) is 5.17. The maximum Gasteiger partial charge on any atom is 0.345 e. The third kappa shape index (κ3) is 1.78. The van der Waals surface area contributed by atoms with E-state index in [9.17, 15) is 9.59 Å². The first kappa shape index (κ1) is 10.3. The minimum atomic E-state index is -0.973. The highest BCUT2D eigenvalue weighted by molar-refractivity contribution is 7.21. The molecule has 1 aliphatic rings. The summed E-state index contributed by atoms with van der Waals surface area (Å²) >= 11 is 1.10. The van der Waals surface area contributed by atoms with Crippen LogP contribution in [0.4, 0.5) is 5.82 Å². The molecule has 0 aliphatic heterocycles. The molecule has 1 saturated carbocycles. The molecular formula is C10H9N3O3S. The Balaban J connectivity index is 1.93. The zero-order chi connectivity index (χ0) is 12.0. The normalized spacial score (nSPS) is 15.1. The first-order valence-corrected chi connectivity index (χ1v) is 5.99. The number of carbonyl (C=O) groups excluding carboxylic acids is 1. The Kier molecular flexibility index (Phi) is 2.15. The molecule has 1 amide bonds. The van der Waals surface area contributed by atoms with E-state index < -0.39 is 5.97 Å². The van der Waals surface area contributed by atoms with Crippen LogP contribution in [0.2, 0.25) is 0 Å². The Bertz CT molecular complexity index is 611. The monoisotopic (exact) mass is 251 g/mol. The lowest BCUT2D eigenvalue weighted by Gasteiger charge is -1.98. The smallest absolute Gasteiger partial charge is 0.345 e. The molecule has 3 rings (SSSR count). The largest absolute Gasteiger partial charge is 0.477 e. The second-order valence-corrected chi connectivity index (χ2v) is 5.05. The Hall–Kier alpha value is -1.89. The number of hydrogen-bond acceptors (Lipinski definition) is 4. The summed E-state index contributed by atoms with van der Waals surface area (Å²) in [5, 5.41) is 18.3. The molecule has 0 aromatic carbocycles. The number of fused-ring (bicyclic) bond motifs is 1. The molecule has 88 valence electrons. The number of anilines is 1. The number of carbonyl (C=O) groups is 2. The fourth-order valence-corrected chi connectivity index (χ4v) is 2.46. The van der Waals surface area contributed by atoms with Crippen LogP contribution in [0.25, 0.3) is 10.2 Å². The average molecular weight is 251 g/mol. The molecule has 0 spiro atoms. The van der Waals surface area contributed by atoms with E-state index in [1.54, 1.807) is 0 Å². The van der Waals surface area contributed by atoms with Crippen molar-refractivity contribution >= 4 is 39.2 Å². The van der Waals surface area contributed by atoms with Gasteiger partial charge in [-0.15, -0.1) is 11.3 Å². The van der Waals surface area contributed by atoms with Crippen molar-refractivity contribution in [1.82, 2.24) is 10.2 Å². The number of aromatic nitrogens is 2. The summed E-state index contributed by atoms with van der Waals surface area (Å²) in [6, 6.07) is 1.52. The van der Waals surface area contributed by atoms with Crippen molar-refractivity contribution in [2.24, 2.45) is 5.92 Å². The van der Waals surface area contributed by atoms with Crippen molar-refractivity contribution in [2.75, 3.05) is 5.32 Å². The topological polar surface area (TPSA) is 95.1 Å². The number of nitrogens with one attached hydrogen (secondary N) is 2. The molecule has 0 unspecified atom stereocenters. The van der Waals surface area contributed by atoms with Gasteiger partial charge in [0.25, 0.3) is 0 Å². The van der Waals surface area contributed by atoms with E-state index in [4.69, 9.17) is 5.11 Å². The number of nitrogens with zero attached hydrogens (tertiary/aromatic N) is 1. The number of H-pyrrole nitrogens is 1. The van der Waals surface area contributed by atoms with Gasteiger partial charge in [0.15, 0.2) is 5.82 Å². The van der Waals surface area contributed by atoms with Crippen LogP contribution in [0.15, 0.2) is 6.07 Å². The zero-order valence-electron chi connectivity index (χ0n) is 8.69. The second kappa shape index (κ2) is 3.56. The van der Waals surface area contributed by atoms with Gasteiger partial charge >= 0.3 is 5.97 Å². The molecule has 0 atom stereocenters. The average Bonchev–Trinajstić information content (AvgIpc) is 2.94. The Morgan fingerprint density at radius 3 is 2.94 bits per heavy atom. The number of hydrogen-bond donors (Lipinski definition) is 3. The van der Waals surface area contributed by atoms with Crippen molar-refractivity contribution in [3.8, 4) is 0 Å². The number of aromatic amines is 1. The van der Waals surface area contributed by atoms with Gasteiger partial charge in [-0.2, -0.15) is 5.10 Å². The summed E-state index contributed by atoms with van der Waals surface area (Å²) < 4.78 is 0.677. The fraction of sp³-hybridized carbons (Fsp3) is 0.300. The summed E-state index contributed by atoms with van der Waals surface area (Å²) in [5.41, 5.74) is 0.637. The van der Waals surface area contributed by atoms with Crippen LogP contribution in [0.1, 0.15) is 22.5 Å². The van der Waals surface area contributed by atoms with E-state index >= 15 is 0 Å². The highest BCUT2D eigenvalue weighted by Gasteiger charge is 2.30. The third-order valence-electron chi connectivity index (χ3n) is 2.64. The van der Waals surface area contributed by atoms with E-state index in [0.717, 1.165) is 24.2 Å². The van der Waals surface area contributed by atoms with Gasteiger partial charge in [0.2, 0.25) is 5.91 Å². The highest BCUT2D eigenvalue weighted by Crippen LogP contribution is 2.33. The zero-order valence-corrected chi connectivity index (χ0v) is 9.50. The first-order chi connectivity index (χ1) is 8.15. The Morgan fingerprint density at radius 2 is 2.29 bits per heavy atom. The molecule has 2 aromatic heterocycles. The number of carboxylic acid groups (broad SMARTS) is 1. The summed E-state index contributed by atoms with van der Waals surface area (Å²) in [7, 11) is 0. The number of rotatable bonds is 3. The quantitative estimate of drug-likeness (QED) is 0.773. The number of thiophene rings is 1. The van der Waals surface area contributed by atoms with Crippen molar-refractivity contribution < 1.29 is 14.7 Å². The summed E-state index contributed by atoms with van der Waals surface area (Å²) in [6.45, 7) is 0. The maximum absolute atomic E-state index is 11.6. The van der Waals surface area contributed by atoms with Crippen LogP contribution in [-0.2, 0) is 4.79 Å². The van der Waals surface area contributed by atoms with Gasteiger partial charge in [-0.3, -0.25) is 9.89 Å². The van der Waals surface area contributed by atoms with E-state index in [0.29, 0.717) is 16.0 Å². The number of carboxylic acids is 1. The minimum Gasteiger partial charge on any atom is -0.477 e. The van der Waals surface area contributed by atoms with Gasteiger partial charge in [-0.25, -0.2) is 4.79 Å². The van der Waals surface area contributed by atoms with Gasteiger partial charge in [-0.05, 0) is 18.9 Å². The van der Waals surface area contributed by atoms with Crippen LogP contribution in [0, 0.1) is 5.92 Å². The number of amides is 1. The molecule has 6 nitrogen and oxygen atoms in total. The van der Waals surface area contributed by atoms with Gasteiger partial charge in [0.1, 0.15) is 4.88 Å². The predicted octanol–water partition coefficient (Wildman–Crippen LogP) is 1.67. The van der Waals surface area contributed by atoms with Crippen LogP contribution in [0.5, 0.6) is 0 Å². The molecular weight excluding hydrogens is 242 g/mol. The lowest BCUT2D eigenvalue weighted by molar-refractivity contribution is -0.117. The molecule has 1 fully saturated rings. The highest BCUT2D eigenvalue weighted by atomic mass is 32.1. The molecule has 0 radical (unpaired) electrons. The molecule has 7 heteroatoms. The number of aromatic carboxylic acids is 1. The molecule has 0 bridgehead atoms. The van der Waals surface area contributed by atoms with Crippen molar-refractivity contribution in [1.29, 1.82) is 0 Å².